The molecule has 2 aliphatic rings. The number of rotatable bonds is 5. The minimum Gasteiger partial charge on any atom is -0.388 e. The molecule has 2 aliphatic heterocycles. The molecule has 0 aliphatic carbocycles. The second-order valence-electron chi connectivity index (χ2n) is 7.20. The lowest BCUT2D eigenvalue weighted by molar-refractivity contribution is -0.0566. The molecule has 1 atom stereocenters. The van der Waals surface area contributed by atoms with E-state index in [0.717, 1.165) is 12.5 Å². The zero-order valence-electron chi connectivity index (χ0n) is 16.1. The normalized spacial score (nSPS) is 21.9. The highest BCUT2D eigenvalue weighted by molar-refractivity contribution is 14.0. The van der Waals surface area contributed by atoms with Crippen molar-refractivity contribution in [1.82, 2.24) is 10.6 Å². The van der Waals surface area contributed by atoms with E-state index >= 15 is 0 Å². The maximum Gasteiger partial charge on any atom is 0.191 e. The van der Waals surface area contributed by atoms with E-state index in [-0.39, 0.29) is 30.0 Å². The van der Waals surface area contributed by atoms with E-state index in [1.165, 1.54) is 12.1 Å². The van der Waals surface area contributed by atoms with Crippen molar-refractivity contribution in [3.63, 3.8) is 0 Å². The summed E-state index contributed by atoms with van der Waals surface area (Å²) in [5.41, 5.74) is -0.404. The standard InChI is InChI=1S/C19H28F2N4O2.HI/c1-2-22-18(23-13-19(26)6-9-27-10-7-19)24-15-5-8-25(12-15)17-4-3-14(20)11-16(17)21;/h3-4,11,15,26H,2,5-10,12-13H2,1H3,(H2,22,23,24);1H. The van der Waals surface area contributed by atoms with Gasteiger partial charge >= 0.3 is 0 Å². The highest BCUT2D eigenvalue weighted by atomic mass is 127. The molecule has 0 radical (unpaired) electrons. The largest absolute Gasteiger partial charge is 0.388 e. The minimum atomic E-state index is -0.820. The van der Waals surface area contributed by atoms with Crippen LogP contribution in [0, 0.1) is 11.6 Å². The summed E-state index contributed by atoms with van der Waals surface area (Å²) in [6.07, 6.45) is 1.98. The maximum absolute atomic E-state index is 14.0. The molecular weight excluding hydrogens is 481 g/mol. The van der Waals surface area contributed by atoms with Gasteiger partial charge in [0.2, 0.25) is 0 Å². The highest BCUT2D eigenvalue weighted by Crippen LogP contribution is 2.24. The molecule has 3 N–H and O–H groups in total. The smallest absolute Gasteiger partial charge is 0.191 e. The van der Waals surface area contributed by atoms with Gasteiger partial charge < -0.3 is 25.4 Å². The summed E-state index contributed by atoms with van der Waals surface area (Å²) in [5.74, 6) is -0.473. The van der Waals surface area contributed by atoms with Crippen LogP contribution in [0.3, 0.4) is 0 Å². The van der Waals surface area contributed by atoms with Gasteiger partial charge in [-0.3, -0.25) is 4.99 Å². The summed E-state index contributed by atoms with van der Waals surface area (Å²) in [4.78, 5) is 6.45. The third-order valence-electron chi connectivity index (χ3n) is 5.08. The molecule has 0 aromatic heterocycles. The second kappa shape index (κ2) is 10.5. The van der Waals surface area contributed by atoms with Crippen molar-refractivity contribution in [1.29, 1.82) is 0 Å². The molecular formula is C19H29F2IN4O2. The average molecular weight is 510 g/mol. The zero-order chi connectivity index (χ0) is 19.3. The van der Waals surface area contributed by atoms with Crippen molar-refractivity contribution in [2.45, 2.75) is 37.8 Å². The number of anilines is 1. The van der Waals surface area contributed by atoms with E-state index in [0.29, 0.717) is 63.9 Å². The number of benzene rings is 1. The topological polar surface area (TPSA) is 69.1 Å². The van der Waals surface area contributed by atoms with E-state index in [9.17, 15) is 13.9 Å². The van der Waals surface area contributed by atoms with Gasteiger partial charge in [-0.25, -0.2) is 8.78 Å². The Morgan fingerprint density at radius 3 is 2.79 bits per heavy atom. The molecule has 2 saturated heterocycles. The summed E-state index contributed by atoms with van der Waals surface area (Å²) >= 11 is 0. The van der Waals surface area contributed by atoms with Crippen molar-refractivity contribution < 1.29 is 18.6 Å². The fourth-order valence-corrected chi connectivity index (χ4v) is 3.48. The van der Waals surface area contributed by atoms with Crippen molar-refractivity contribution in [3.8, 4) is 0 Å². The van der Waals surface area contributed by atoms with Crippen molar-refractivity contribution in [2.75, 3.05) is 44.3 Å². The number of nitrogens with zero attached hydrogens (tertiary/aromatic N) is 2. The Morgan fingerprint density at radius 2 is 2.11 bits per heavy atom. The lowest BCUT2D eigenvalue weighted by atomic mass is 9.95. The Morgan fingerprint density at radius 1 is 1.36 bits per heavy atom. The average Bonchev–Trinajstić information content (AvgIpc) is 3.09. The maximum atomic E-state index is 14.0. The molecule has 2 heterocycles. The number of guanidine groups is 1. The molecule has 0 saturated carbocycles. The van der Waals surface area contributed by atoms with Gasteiger partial charge in [-0.1, -0.05) is 0 Å². The van der Waals surface area contributed by atoms with E-state index in [1.807, 2.05) is 11.8 Å². The molecule has 1 aromatic rings. The first-order valence-corrected chi connectivity index (χ1v) is 9.54. The van der Waals surface area contributed by atoms with Gasteiger partial charge in [-0.05, 0) is 25.5 Å². The number of aliphatic imine (C=N–C) groups is 1. The Bertz CT molecular complexity index is 671. The first-order valence-electron chi connectivity index (χ1n) is 9.54. The van der Waals surface area contributed by atoms with Crippen molar-refractivity contribution >= 4 is 35.6 Å². The Hall–Kier alpha value is -1.20. The monoisotopic (exact) mass is 510 g/mol. The van der Waals surface area contributed by atoms with Crippen molar-refractivity contribution in [2.24, 2.45) is 4.99 Å². The summed E-state index contributed by atoms with van der Waals surface area (Å²) in [5, 5.41) is 17.1. The van der Waals surface area contributed by atoms with Gasteiger partial charge in [0.1, 0.15) is 11.6 Å². The molecule has 158 valence electrons. The molecule has 2 fully saturated rings. The zero-order valence-corrected chi connectivity index (χ0v) is 18.4. The number of hydrogen-bond acceptors (Lipinski definition) is 4. The van der Waals surface area contributed by atoms with Gasteiger partial charge in [0.25, 0.3) is 0 Å². The van der Waals surface area contributed by atoms with Crippen LogP contribution >= 0.6 is 24.0 Å². The third kappa shape index (κ3) is 6.15. The SMILES string of the molecule is CCNC(=NCC1(O)CCOCC1)NC1CCN(c2ccc(F)cc2F)C1.I. The summed E-state index contributed by atoms with van der Waals surface area (Å²) in [6, 6.07) is 3.76. The third-order valence-corrected chi connectivity index (χ3v) is 5.08. The van der Waals surface area contributed by atoms with E-state index < -0.39 is 17.2 Å². The van der Waals surface area contributed by atoms with Crippen LogP contribution in [-0.2, 0) is 4.74 Å². The van der Waals surface area contributed by atoms with Crippen LogP contribution in [-0.4, -0.2) is 62.1 Å². The van der Waals surface area contributed by atoms with E-state index in [2.05, 4.69) is 15.6 Å². The first-order chi connectivity index (χ1) is 13.0. The van der Waals surface area contributed by atoms with Gasteiger partial charge in [0.05, 0.1) is 17.8 Å². The molecule has 9 heteroatoms. The highest BCUT2D eigenvalue weighted by Gasteiger charge is 2.30. The lowest BCUT2D eigenvalue weighted by Crippen LogP contribution is -2.46. The van der Waals surface area contributed by atoms with Crippen LogP contribution in [0.4, 0.5) is 14.5 Å². The van der Waals surface area contributed by atoms with Crippen molar-refractivity contribution in [3.05, 3.63) is 29.8 Å². The van der Waals surface area contributed by atoms with Crippen LogP contribution < -0.4 is 15.5 Å². The van der Waals surface area contributed by atoms with Crippen LogP contribution in [0.1, 0.15) is 26.2 Å². The first kappa shape index (κ1) is 23.1. The summed E-state index contributed by atoms with van der Waals surface area (Å²) in [7, 11) is 0. The van der Waals surface area contributed by atoms with Gasteiger partial charge in [-0.15, -0.1) is 24.0 Å². The van der Waals surface area contributed by atoms with Gasteiger partial charge in [0.15, 0.2) is 5.96 Å². The molecule has 28 heavy (non-hydrogen) atoms. The quantitative estimate of drug-likeness (QED) is 0.322. The number of hydrogen-bond donors (Lipinski definition) is 3. The molecule has 1 unspecified atom stereocenters. The predicted molar refractivity (Wildman–Crippen MR) is 117 cm³/mol. The minimum absolute atomic E-state index is 0. The summed E-state index contributed by atoms with van der Waals surface area (Å²) in [6.45, 7) is 5.39. The number of halogens is 3. The predicted octanol–water partition coefficient (Wildman–Crippen LogP) is 2.26. The molecule has 0 spiro atoms. The number of nitrogens with one attached hydrogen (secondary N) is 2. The molecule has 0 bridgehead atoms. The number of ether oxygens (including phenoxy) is 1. The molecule has 0 amide bonds. The molecule has 6 nitrogen and oxygen atoms in total. The lowest BCUT2D eigenvalue weighted by Gasteiger charge is -2.30. The van der Waals surface area contributed by atoms with Crippen LogP contribution in [0.15, 0.2) is 23.2 Å². The van der Waals surface area contributed by atoms with Crippen LogP contribution in [0.5, 0.6) is 0 Å². The summed E-state index contributed by atoms with van der Waals surface area (Å²) < 4.78 is 32.4. The fourth-order valence-electron chi connectivity index (χ4n) is 3.48. The Kier molecular flexibility index (Phi) is 8.69. The second-order valence-corrected chi connectivity index (χ2v) is 7.20. The molecule has 3 rings (SSSR count). The fraction of sp³-hybridized carbons (Fsp3) is 0.632. The molecule has 1 aromatic carbocycles. The van der Waals surface area contributed by atoms with E-state index in [1.54, 1.807) is 0 Å². The van der Waals surface area contributed by atoms with Gasteiger partial charge in [-0.2, -0.15) is 0 Å². The van der Waals surface area contributed by atoms with Crippen LogP contribution in [0.2, 0.25) is 0 Å². The van der Waals surface area contributed by atoms with E-state index in [4.69, 9.17) is 4.74 Å². The van der Waals surface area contributed by atoms with Gasteiger partial charge in [0, 0.05) is 57.8 Å². The van der Waals surface area contributed by atoms with Crippen LogP contribution in [0.25, 0.3) is 0 Å². The Labute approximate surface area is 181 Å². The number of aliphatic hydroxyl groups is 1. The Balaban J connectivity index is 0.00000280.